The second kappa shape index (κ2) is 4.42. The van der Waals surface area contributed by atoms with Gasteiger partial charge in [0, 0.05) is 6.42 Å². The molecule has 4 N–H and O–H groups in total. The molecule has 5 nitrogen and oxygen atoms in total. The van der Waals surface area contributed by atoms with E-state index in [4.69, 9.17) is 5.73 Å². The van der Waals surface area contributed by atoms with Gasteiger partial charge in [0.2, 0.25) is 5.91 Å². The lowest BCUT2D eigenvalue weighted by Gasteiger charge is -2.05. The summed E-state index contributed by atoms with van der Waals surface area (Å²) in [7, 11) is 0. The summed E-state index contributed by atoms with van der Waals surface area (Å²) in [5.74, 6) is -0.708. The predicted molar refractivity (Wildman–Crippen MR) is 51.7 cm³/mol. The van der Waals surface area contributed by atoms with E-state index in [1.807, 2.05) is 0 Å². The van der Waals surface area contributed by atoms with Crippen LogP contribution in [-0.4, -0.2) is 22.3 Å². The molecule has 0 aliphatic rings. The summed E-state index contributed by atoms with van der Waals surface area (Å²) in [4.78, 5) is 11.1. The normalized spacial score (nSPS) is 11.5. The number of halogens is 3. The highest BCUT2D eigenvalue weighted by Crippen LogP contribution is 2.22. The third-order valence-corrected chi connectivity index (χ3v) is 1.89. The first-order chi connectivity index (χ1) is 7.29. The Labute approximate surface area is 89.2 Å². The maximum atomic E-state index is 11.8. The number of nitrogens with zero attached hydrogens (tertiary/aromatic N) is 1. The number of alkyl halides is 3. The van der Waals surface area contributed by atoms with Crippen LogP contribution in [0.1, 0.15) is 18.5 Å². The maximum Gasteiger partial charge on any atom is 0.389 e. The van der Waals surface area contributed by atoms with Crippen LogP contribution in [-0.2, 0) is 4.79 Å². The summed E-state index contributed by atoms with van der Waals surface area (Å²) in [5, 5.41) is 8.34. The number of hydrogen-bond donors (Lipinski definition) is 3. The molecule has 0 unspecified atom stereocenters. The Morgan fingerprint density at radius 1 is 1.56 bits per heavy atom. The fourth-order valence-electron chi connectivity index (χ4n) is 0.983. The number of hydrogen-bond acceptors (Lipinski definition) is 3. The van der Waals surface area contributed by atoms with Gasteiger partial charge in [0.15, 0.2) is 5.82 Å². The quantitative estimate of drug-likeness (QED) is 0.744. The van der Waals surface area contributed by atoms with Crippen molar-refractivity contribution < 1.29 is 18.0 Å². The van der Waals surface area contributed by atoms with Gasteiger partial charge in [-0.25, -0.2) is 0 Å². The minimum atomic E-state index is -4.34. The van der Waals surface area contributed by atoms with Crippen LogP contribution in [0, 0.1) is 6.92 Å². The van der Waals surface area contributed by atoms with E-state index in [1.54, 1.807) is 6.92 Å². The van der Waals surface area contributed by atoms with Crippen LogP contribution in [0.5, 0.6) is 0 Å². The Morgan fingerprint density at radius 2 is 2.19 bits per heavy atom. The number of aryl methyl sites for hydroxylation is 1. The average molecular weight is 236 g/mol. The number of carbonyl (C=O) groups excluding carboxylic acids is 1. The molecule has 0 radical (unpaired) electrons. The van der Waals surface area contributed by atoms with Gasteiger partial charge < -0.3 is 11.1 Å². The Hall–Kier alpha value is -1.73. The van der Waals surface area contributed by atoms with Gasteiger partial charge in [0.05, 0.1) is 17.8 Å². The molecule has 16 heavy (non-hydrogen) atoms. The monoisotopic (exact) mass is 236 g/mol. The minimum absolute atomic E-state index is 0.0599. The molecule has 0 saturated heterocycles. The number of nitrogens with two attached hydrogens (primary N) is 1. The van der Waals surface area contributed by atoms with Crippen LogP contribution in [0.2, 0.25) is 0 Å². The molecule has 0 aliphatic heterocycles. The van der Waals surface area contributed by atoms with Crippen LogP contribution < -0.4 is 11.1 Å². The molecule has 0 aliphatic carbocycles. The molecule has 0 bridgehead atoms. The SMILES string of the molecule is Cc1[nH]nc(NC(=O)CCC(F)(F)F)c1N. The van der Waals surface area contributed by atoms with Crippen molar-refractivity contribution in [1.29, 1.82) is 0 Å². The summed E-state index contributed by atoms with van der Waals surface area (Å²) < 4.78 is 35.4. The van der Waals surface area contributed by atoms with Gasteiger partial charge in [-0.2, -0.15) is 18.3 Å². The van der Waals surface area contributed by atoms with Crippen LogP contribution in [0.25, 0.3) is 0 Å². The molecule has 1 heterocycles. The van der Waals surface area contributed by atoms with E-state index in [0.717, 1.165) is 0 Å². The number of nitrogens with one attached hydrogen (secondary N) is 2. The minimum Gasteiger partial charge on any atom is -0.394 e. The van der Waals surface area contributed by atoms with E-state index in [1.165, 1.54) is 0 Å². The van der Waals surface area contributed by atoms with Gasteiger partial charge in [-0.3, -0.25) is 9.89 Å². The van der Waals surface area contributed by atoms with E-state index >= 15 is 0 Å². The molecule has 90 valence electrons. The molecule has 0 aromatic carbocycles. The molecule has 1 aromatic heterocycles. The smallest absolute Gasteiger partial charge is 0.389 e. The highest BCUT2D eigenvalue weighted by atomic mass is 19.4. The van der Waals surface area contributed by atoms with E-state index in [0.29, 0.717) is 5.69 Å². The number of rotatable bonds is 3. The van der Waals surface area contributed by atoms with Crippen molar-refractivity contribution in [2.45, 2.75) is 25.9 Å². The molecular weight excluding hydrogens is 225 g/mol. The van der Waals surface area contributed by atoms with Gasteiger partial charge in [-0.1, -0.05) is 0 Å². The van der Waals surface area contributed by atoms with Crippen LogP contribution in [0.4, 0.5) is 24.7 Å². The fourth-order valence-corrected chi connectivity index (χ4v) is 0.983. The van der Waals surface area contributed by atoms with Crippen LogP contribution in [0.3, 0.4) is 0 Å². The molecule has 0 fully saturated rings. The standard InChI is InChI=1S/C8H11F3N4O/c1-4-6(12)7(15-14-4)13-5(16)2-3-8(9,10)11/h2-3,12H2,1H3,(H2,13,14,15,16). The first kappa shape index (κ1) is 12.3. The van der Waals surface area contributed by atoms with E-state index < -0.39 is 24.9 Å². The van der Waals surface area contributed by atoms with Crippen LogP contribution >= 0.6 is 0 Å². The van der Waals surface area contributed by atoms with Crippen molar-refractivity contribution in [2.75, 3.05) is 11.1 Å². The van der Waals surface area contributed by atoms with Crippen molar-refractivity contribution in [3.05, 3.63) is 5.69 Å². The highest BCUT2D eigenvalue weighted by molar-refractivity contribution is 5.92. The van der Waals surface area contributed by atoms with Crippen LogP contribution in [0.15, 0.2) is 0 Å². The Kier molecular flexibility index (Phi) is 3.41. The average Bonchev–Trinajstić information content (AvgIpc) is 2.46. The Bertz CT molecular complexity index is 385. The zero-order chi connectivity index (χ0) is 12.3. The predicted octanol–water partition coefficient (Wildman–Crippen LogP) is 1.58. The number of carbonyl (C=O) groups is 1. The lowest BCUT2D eigenvalue weighted by molar-refractivity contribution is -0.142. The van der Waals surface area contributed by atoms with Gasteiger partial charge in [-0.15, -0.1) is 0 Å². The maximum absolute atomic E-state index is 11.8. The van der Waals surface area contributed by atoms with Gasteiger partial charge in [0.1, 0.15) is 0 Å². The summed E-state index contributed by atoms with van der Waals surface area (Å²) >= 11 is 0. The lowest BCUT2D eigenvalue weighted by atomic mass is 10.3. The van der Waals surface area contributed by atoms with Crippen molar-refractivity contribution in [2.24, 2.45) is 0 Å². The number of amides is 1. The Morgan fingerprint density at radius 3 is 2.62 bits per heavy atom. The van der Waals surface area contributed by atoms with Gasteiger partial charge in [0.25, 0.3) is 0 Å². The number of nitrogen functional groups attached to an aromatic ring is 1. The number of aromatic amines is 1. The molecule has 0 atom stereocenters. The largest absolute Gasteiger partial charge is 0.394 e. The lowest BCUT2D eigenvalue weighted by Crippen LogP contribution is -2.17. The molecular formula is C8H11F3N4O. The van der Waals surface area contributed by atoms with Crippen molar-refractivity contribution >= 4 is 17.4 Å². The van der Waals surface area contributed by atoms with E-state index in [9.17, 15) is 18.0 Å². The van der Waals surface area contributed by atoms with Gasteiger partial charge in [-0.05, 0) is 6.92 Å². The van der Waals surface area contributed by atoms with E-state index in [-0.39, 0.29) is 11.5 Å². The zero-order valence-corrected chi connectivity index (χ0v) is 8.48. The third-order valence-electron chi connectivity index (χ3n) is 1.89. The summed E-state index contributed by atoms with van der Waals surface area (Å²) in [6.45, 7) is 1.63. The van der Waals surface area contributed by atoms with Crippen molar-refractivity contribution in [3.63, 3.8) is 0 Å². The number of aromatic nitrogens is 2. The third kappa shape index (κ3) is 3.44. The summed E-state index contributed by atoms with van der Waals surface area (Å²) in [6, 6.07) is 0. The first-order valence-electron chi connectivity index (χ1n) is 4.46. The number of anilines is 2. The fraction of sp³-hybridized carbons (Fsp3) is 0.500. The molecule has 0 saturated carbocycles. The Balaban J connectivity index is 2.49. The van der Waals surface area contributed by atoms with Crippen molar-refractivity contribution in [1.82, 2.24) is 10.2 Å². The van der Waals surface area contributed by atoms with Gasteiger partial charge >= 0.3 is 6.18 Å². The van der Waals surface area contributed by atoms with Crippen molar-refractivity contribution in [3.8, 4) is 0 Å². The first-order valence-corrected chi connectivity index (χ1v) is 4.46. The molecule has 1 rings (SSSR count). The van der Waals surface area contributed by atoms with E-state index in [2.05, 4.69) is 15.5 Å². The second-order valence-electron chi connectivity index (χ2n) is 3.27. The second-order valence-corrected chi connectivity index (χ2v) is 3.27. The molecule has 8 heteroatoms. The number of H-pyrrole nitrogens is 1. The molecule has 1 amide bonds. The summed E-state index contributed by atoms with van der Waals surface area (Å²) in [6.07, 6.45) is -6.15. The molecule has 1 aromatic rings. The highest BCUT2D eigenvalue weighted by Gasteiger charge is 2.28. The zero-order valence-electron chi connectivity index (χ0n) is 8.48. The molecule has 0 spiro atoms. The topological polar surface area (TPSA) is 83.8 Å². The summed E-state index contributed by atoms with van der Waals surface area (Å²) in [5.41, 5.74) is 6.27.